The highest BCUT2D eigenvalue weighted by molar-refractivity contribution is 7.11. The number of amides is 1. The van der Waals surface area contributed by atoms with Gasteiger partial charge in [0.2, 0.25) is 0 Å². The quantitative estimate of drug-likeness (QED) is 0.363. The van der Waals surface area contributed by atoms with Gasteiger partial charge in [0.15, 0.2) is 5.78 Å². The van der Waals surface area contributed by atoms with Crippen LogP contribution in [-0.2, 0) is 17.6 Å². The lowest BCUT2D eigenvalue weighted by molar-refractivity contribution is 0.0916. The van der Waals surface area contributed by atoms with Gasteiger partial charge in [-0.05, 0) is 38.5 Å². The van der Waals surface area contributed by atoms with Crippen molar-refractivity contribution < 1.29 is 23.8 Å². The number of thiazole rings is 1. The number of carbonyl (C=O) groups excluding carboxylic acids is 2. The molecule has 0 fully saturated rings. The number of ketones is 1. The molecule has 186 valence electrons. The fourth-order valence-electron chi connectivity index (χ4n) is 3.37. The molecular weight excluding hydrogens is 456 g/mol. The normalized spacial score (nSPS) is 13.1. The van der Waals surface area contributed by atoms with E-state index in [9.17, 15) is 19.5 Å². The summed E-state index contributed by atoms with van der Waals surface area (Å²) < 4.78 is 9.84. The Bertz CT molecular complexity index is 1040. The average molecular weight is 491 g/mol. The number of Topliss-reactive ketones (excluding diaryl/α,β-unsaturated/α-hetero) is 1. The molecule has 0 aliphatic carbocycles. The monoisotopic (exact) mass is 490 g/mol. The molecule has 0 spiro atoms. The van der Waals surface area contributed by atoms with Crippen LogP contribution in [0.1, 0.15) is 84.8 Å². The minimum atomic E-state index is -0.818. The van der Waals surface area contributed by atoms with Gasteiger partial charge in [-0.15, -0.1) is 11.3 Å². The molecule has 8 nitrogen and oxygen atoms in total. The van der Waals surface area contributed by atoms with Gasteiger partial charge >= 0.3 is 11.7 Å². The number of nitrogens with zero attached hydrogens (tertiary/aromatic N) is 1. The number of alkyl carbamates (subject to hydrolysis) is 1. The molecule has 0 radical (unpaired) electrons. The second-order valence-corrected chi connectivity index (χ2v) is 9.54. The Morgan fingerprint density at radius 3 is 2.74 bits per heavy atom. The van der Waals surface area contributed by atoms with E-state index in [0.717, 1.165) is 29.1 Å². The van der Waals surface area contributed by atoms with Crippen molar-refractivity contribution in [2.75, 3.05) is 7.11 Å². The van der Waals surface area contributed by atoms with Crippen molar-refractivity contribution in [2.24, 2.45) is 5.92 Å². The van der Waals surface area contributed by atoms with Gasteiger partial charge in [-0.3, -0.25) is 10.1 Å². The minimum Gasteiger partial charge on any atom is -0.507 e. The predicted octanol–water partition coefficient (Wildman–Crippen LogP) is 5.35. The Morgan fingerprint density at radius 1 is 1.29 bits per heavy atom. The van der Waals surface area contributed by atoms with Crippen molar-refractivity contribution in [2.45, 2.75) is 71.6 Å². The number of aryl methyl sites for hydroxylation is 2. The van der Waals surface area contributed by atoms with E-state index >= 15 is 0 Å². The Balaban J connectivity index is 1.95. The predicted molar refractivity (Wildman–Crippen MR) is 132 cm³/mol. The summed E-state index contributed by atoms with van der Waals surface area (Å²) in [6.07, 6.45) is 10.2. The van der Waals surface area contributed by atoms with Crippen molar-refractivity contribution in [3.63, 3.8) is 0 Å². The number of hydrogen-bond acceptors (Lipinski definition) is 8. The van der Waals surface area contributed by atoms with Gasteiger partial charge < -0.3 is 14.3 Å². The van der Waals surface area contributed by atoms with E-state index in [1.807, 2.05) is 13.1 Å². The number of aromatic nitrogens is 1. The minimum absolute atomic E-state index is 0.170. The van der Waals surface area contributed by atoms with Crippen LogP contribution in [0.15, 0.2) is 33.8 Å². The number of carbonyl (C=O) groups is 2. The summed E-state index contributed by atoms with van der Waals surface area (Å²) in [6, 6.07) is 1.35. The Labute approximate surface area is 204 Å². The summed E-state index contributed by atoms with van der Waals surface area (Å²) in [5.41, 5.74) is -1.11. The van der Waals surface area contributed by atoms with E-state index in [0.29, 0.717) is 31.4 Å². The molecule has 2 heterocycles. The maximum absolute atomic E-state index is 12.9. The number of aromatic hydroxyl groups is 1. The molecular formula is C25H34N2O6S. The number of allylic oxidation sites excluding steroid dienone is 1. The standard InChI is InChI=1S/C25H34N2O6S/c1-5-6-10-21-27-15-18(34-21)12-11-17(3)23(29)22-19(28)14-20(33-24(22)30)16(2)9-7-8-13-26-25(31)32-4/h8,13-17,28H,5-7,9-12H2,1-4H3,(H,26,31)/b13-8+. The van der Waals surface area contributed by atoms with Gasteiger partial charge in [-0.25, -0.2) is 14.6 Å². The average Bonchev–Trinajstić information content (AvgIpc) is 3.27. The first-order valence-electron chi connectivity index (χ1n) is 11.6. The van der Waals surface area contributed by atoms with E-state index in [1.165, 1.54) is 19.4 Å². The van der Waals surface area contributed by atoms with E-state index in [-0.39, 0.29) is 17.2 Å². The molecule has 0 aliphatic rings. The van der Waals surface area contributed by atoms with Crippen molar-refractivity contribution in [3.05, 3.63) is 56.2 Å². The number of hydrogen-bond donors (Lipinski definition) is 2. The number of unbranched alkanes of at least 4 members (excludes halogenated alkanes) is 1. The van der Waals surface area contributed by atoms with Crippen LogP contribution in [0.5, 0.6) is 5.75 Å². The second kappa shape index (κ2) is 13.7. The highest BCUT2D eigenvalue weighted by Gasteiger charge is 2.25. The van der Waals surface area contributed by atoms with E-state index in [1.54, 1.807) is 24.3 Å². The van der Waals surface area contributed by atoms with Crippen LogP contribution in [0, 0.1) is 5.92 Å². The summed E-state index contributed by atoms with van der Waals surface area (Å²) in [6.45, 7) is 5.75. The lowest BCUT2D eigenvalue weighted by Crippen LogP contribution is -2.21. The molecule has 0 saturated heterocycles. The maximum atomic E-state index is 12.9. The van der Waals surface area contributed by atoms with Crippen LogP contribution in [0.2, 0.25) is 0 Å². The summed E-state index contributed by atoms with van der Waals surface area (Å²) in [4.78, 5) is 42.0. The summed E-state index contributed by atoms with van der Waals surface area (Å²) in [7, 11) is 1.28. The van der Waals surface area contributed by atoms with Crippen LogP contribution < -0.4 is 10.9 Å². The fourth-order valence-corrected chi connectivity index (χ4v) is 4.35. The molecule has 2 aromatic rings. The SMILES string of the molecule is CCCCc1ncc(CCC(C)C(=O)c2c(O)cc(C(C)CC/C=C/NC(=O)OC)oc2=O)s1. The zero-order valence-corrected chi connectivity index (χ0v) is 21.1. The smallest absolute Gasteiger partial charge is 0.410 e. The first kappa shape index (κ1) is 27.3. The van der Waals surface area contributed by atoms with Crippen LogP contribution in [-0.4, -0.2) is 29.1 Å². The third-order valence-corrected chi connectivity index (χ3v) is 6.69. The Morgan fingerprint density at radius 2 is 2.06 bits per heavy atom. The molecule has 2 N–H and O–H groups in total. The molecule has 0 aliphatic heterocycles. The zero-order valence-electron chi connectivity index (χ0n) is 20.3. The van der Waals surface area contributed by atoms with Gasteiger partial charge in [0.25, 0.3) is 0 Å². The van der Waals surface area contributed by atoms with E-state index in [2.05, 4.69) is 22.0 Å². The third kappa shape index (κ3) is 8.13. The maximum Gasteiger partial charge on any atom is 0.410 e. The van der Waals surface area contributed by atoms with Crippen molar-refractivity contribution in [3.8, 4) is 5.75 Å². The summed E-state index contributed by atoms with van der Waals surface area (Å²) >= 11 is 1.66. The van der Waals surface area contributed by atoms with Crippen molar-refractivity contribution in [1.29, 1.82) is 0 Å². The largest absolute Gasteiger partial charge is 0.507 e. The molecule has 2 atom stereocenters. The lowest BCUT2D eigenvalue weighted by atomic mass is 9.94. The molecule has 0 aromatic carbocycles. The van der Waals surface area contributed by atoms with E-state index in [4.69, 9.17) is 4.42 Å². The highest BCUT2D eigenvalue weighted by atomic mass is 32.1. The molecule has 2 unspecified atom stereocenters. The number of methoxy groups -OCH3 is 1. The zero-order chi connectivity index (χ0) is 25.1. The Kier molecular flexibility index (Phi) is 11.0. The molecule has 1 amide bonds. The second-order valence-electron chi connectivity index (χ2n) is 8.34. The van der Waals surface area contributed by atoms with Crippen molar-refractivity contribution >= 4 is 23.2 Å². The van der Waals surface area contributed by atoms with Gasteiger partial charge in [-0.1, -0.05) is 33.3 Å². The molecule has 0 bridgehead atoms. The van der Waals surface area contributed by atoms with Crippen LogP contribution >= 0.6 is 11.3 Å². The van der Waals surface area contributed by atoms with Gasteiger partial charge in [0.1, 0.15) is 17.1 Å². The first-order chi connectivity index (χ1) is 16.3. The van der Waals surface area contributed by atoms with Gasteiger partial charge in [0.05, 0.1) is 12.1 Å². The first-order valence-corrected chi connectivity index (χ1v) is 12.4. The van der Waals surface area contributed by atoms with E-state index < -0.39 is 23.4 Å². The summed E-state index contributed by atoms with van der Waals surface area (Å²) in [5, 5.41) is 14.0. The topological polar surface area (TPSA) is 119 Å². The van der Waals surface area contributed by atoms with Crippen molar-refractivity contribution in [1.82, 2.24) is 10.3 Å². The fraction of sp³-hybridized carbons (Fsp3) is 0.520. The van der Waals surface area contributed by atoms with Gasteiger partial charge in [-0.2, -0.15) is 0 Å². The van der Waals surface area contributed by atoms with Crippen LogP contribution in [0.4, 0.5) is 4.79 Å². The number of ether oxygens (including phenoxy) is 1. The number of rotatable bonds is 13. The summed E-state index contributed by atoms with van der Waals surface area (Å²) in [5.74, 6) is -1.07. The Hall–Kier alpha value is -2.94. The molecule has 34 heavy (non-hydrogen) atoms. The molecule has 9 heteroatoms. The number of nitrogens with one attached hydrogen (secondary N) is 1. The molecule has 2 aromatic heterocycles. The van der Waals surface area contributed by atoms with Crippen LogP contribution in [0.3, 0.4) is 0 Å². The third-order valence-electron chi connectivity index (χ3n) is 5.57. The lowest BCUT2D eigenvalue weighted by Gasteiger charge is -2.13. The van der Waals surface area contributed by atoms with Crippen LogP contribution in [0.25, 0.3) is 0 Å². The van der Waals surface area contributed by atoms with Gasteiger partial charge in [0, 0.05) is 35.2 Å². The molecule has 0 saturated carbocycles. The highest BCUT2D eigenvalue weighted by Crippen LogP contribution is 2.27. The molecule has 2 rings (SSSR count).